The summed E-state index contributed by atoms with van der Waals surface area (Å²) < 4.78 is 4.49. The van der Waals surface area contributed by atoms with E-state index in [1.165, 1.54) is 14.0 Å². The van der Waals surface area contributed by atoms with Crippen molar-refractivity contribution >= 4 is 5.97 Å². The molecule has 2 N–H and O–H groups in total. The molecule has 0 radical (unpaired) electrons. The van der Waals surface area contributed by atoms with Crippen LogP contribution < -0.4 is 5.32 Å². The van der Waals surface area contributed by atoms with Gasteiger partial charge in [0.05, 0.1) is 7.11 Å². The molecule has 0 fully saturated rings. The van der Waals surface area contributed by atoms with Crippen LogP contribution in [0.2, 0.25) is 0 Å². The van der Waals surface area contributed by atoms with Gasteiger partial charge in [-0.05, 0) is 19.8 Å². The van der Waals surface area contributed by atoms with Crippen LogP contribution in [-0.2, 0) is 9.53 Å². The van der Waals surface area contributed by atoms with Crippen LogP contribution in [0.1, 0.15) is 19.8 Å². The van der Waals surface area contributed by atoms with Gasteiger partial charge in [0.15, 0.2) is 5.60 Å². The van der Waals surface area contributed by atoms with Crippen LogP contribution in [0.15, 0.2) is 12.2 Å². The Hall–Kier alpha value is -0.870. The van der Waals surface area contributed by atoms with E-state index in [1.807, 2.05) is 0 Å². The van der Waals surface area contributed by atoms with E-state index in [0.717, 1.165) is 12.8 Å². The van der Waals surface area contributed by atoms with E-state index in [4.69, 9.17) is 0 Å². The highest BCUT2D eigenvalue weighted by atomic mass is 16.5. The Morgan fingerprint density at radius 1 is 1.64 bits per heavy atom. The molecular weight excluding hydrogens is 182 g/mol. The third-order valence-corrected chi connectivity index (χ3v) is 2.37. The van der Waals surface area contributed by atoms with Crippen molar-refractivity contribution in [2.75, 3.05) is 13.7 Å². The van der Waals surface area contributed by atoms with Crippen LogP contribution in [-0.4, -0.2) is 36.4 Å². The molecule has 4 nitrogen and oxygen atoms in total. The molecule has 14 heavy (non-hydrogen) atoms. The fraction of sp³-hybridized carbons (Fsp3) is 0.700. The van der Waals surface area contributed by atoms with Crippen molar-refractivity contribution in [2.24, 2.45) is 0 Å². The molecule has 1 rings (SSSR count). The summed E-state index contributed by atoms with van der Waals surface area (Å²) in [7, 11) is 1.27. The van der Waals surface area contributed by atoms with Crippen molar-refractivity contribution in [3.63, 3.8) is 0 Å². The van der Waals surface area contributed by atoms with Crippen molar-refractivity contribution in [3.8, 4) is 0 Å². The van der Waals surface area contributed by atoms with E-state index in [9.17, 15) is 9.90 Å². The Balaban J connectivity index is 2.31. The largest absolute Gasteiger partial charge is 0.467 e. The van der Waals surface area contributed by atoms with E-state index < -0.39 is 11.6 Å². The van der Waals surface area contributed by atoms with Gasteiger partial charge in [0, 0.05) is 12.6 Å². The second-order valence-electron chi connectivity index (χ2n) is 3.79. The summed E-state index contributed by atoms with van der Waals surface area (Å²) in [6.07, 6.45) is 6.09. The number of rotatable bonds is 4. The Morgan fingerprint density at radius 2 is 2.21 bits per heavy atom. The highest BCUT2D eigenvalue weighted by Gasteiger charge is 2.31. The van der Waals surface area contributed by atoms with Crippen molar-refractivity contribution in [2.45, 2.75) is 31.4 Å². The first-order valence-corrected chi connectivity index (χ1v) is 4.75. The Bertz CT molecular complexity index is 228. The lowest BCUT2D eigenvalue weighted by Gasteiger charge is -2.23. The quantitative estimate of drug-likeness (QED) is 0.502. The van der Waals surface area contributed by atoms with Gasteiger partial charge in [0.1, 0.15) is 0 Å². The topological polar surface area (TPSA) is 58.6 Å². The molecule has 1 aliphatic carbocycles. The minimum Gasteiger partial charge on any atom is -0.467 e. The molecule has 0 aromatic carbocycles. The zero-order chi connectivity index (χ0) is 10.6. The molecule has 0 saturated carbocycles. The molecule has 0 spiro atoms. The SMILES string of the molecule is COC(=O)C(C)(O)CNC1CC=CC1. The van der Waals surface area contributed by atoms with Crippen molar-refractivity contribution in [1.82, 2.24) is 5.32 Å². The summed E-state index contributed by atoms with van der Waals surface area (Å²) in [5.41, 5.74) is -1.43. The number of hydrogen-bond acceptors (Lipinski definition) is 4. The summed E-state index contributed by atoms with van der Waals surface area (Å²) >= 11 is 0. The zero-order valence-electron chi connectivity index (χ0n) is 8.62. The molecule has 0 aliphatic heterocycles. The van der Waals surface area contributed by atoms with Crippen LogP contribution in [0.5, 0.6) is 0 Å². The molecule has 1 unspecified atom stereocenters. The number of aliphatic hydroxyl groups is 1. The maximum Gasteiger partial charge on any atom is 0.338 e. The summed E-state index contributed by atoms with van der Waals surface area (Å²) in [5.74, 6) is -0.601. The minimum absolute atomic E-state index is 0.228. The number of carbonyl (C=O) groups is 1. The third kappa shape index (κ3) is 2.82. The van der Waals surface area contributed by atoms with Crippen LogP contribution in [0, 0.1) is 0 Å². The van der Waals surface area contributed by atoms with Gasteiger partial charge in [-0.2, -0.15) is 0 Å². The average Bonchev–Trinajstić information content (AvgIpc) is 2.66. The molecule has 0 heterocycles. The number of carbonyl (C=O) groups excluding carboxylic acids is 1. The maximum atomic E-state index is 11.1. The van der Waals surface area contributed by atoms with E-state index in [1.54, 1.807) is 0 Å². The van der Waals surface area contributed by atoms with Crippen LogP contribution in [0.4, 0.5) is 0 Å². The van der Waals surface area contributed by atoms with Gasteiger partial charge in [-0.25, -0.2) is 4.79 Å². The molecule has 0 aromatic heterocycles. The highest BCUT2D eigenvalue weighted by Crippen LogP contribution is 2.11. The molecule has 0 aromatic rings. The average molecular weight is 199 g/mol. The smallest absolute Gasteiger partial charge is 0.338 e. The summed E-state index contributed by atoms with van der Waals surface area (Å²) in [6, 6.07) is 0.339. The molecule has 80 valence electrons. The zero-order valence-corrected chi connectivity index (χ0v) is 8.62. The number of esters is 1. The fourth-order valence-electron chi connectivity index (χ4n) is 1.42. The lowest BCUT2D eigenvalue weighted by molar-refractivity contribution is -0.160. The number of methoxy groups -OCH3 is 1. The van der Waals surface area contributed by atoms with Crippen LogP contribution >= 0.6 is 0 Å². The molecular formula is C10H17NO3. The molecule has 4 heteroatoms. The first kappa shape index (κ1) is 11.2. The van der Waals surface area contributed by atoms with Gasteiger partial charge >= 0.3 is 5.97 Å². The summed E-state index contributed by atoms with van der Waals surface area (Å²) in [5, 5.41) is 12.8. The van der Waals surface area contributed by atoms with Gasteiger partial charge in [-0.3, -0.25) is 0 Å². The third-order valence-electron chi connectivity index (χ3n) is 2.37. The Labute approximate surface area is 83.9 Å². The second kappa shape index (κ2) is 4.57. The Morgan fingerprint density at radius 3 is 2.71 bits per heavy atom. The van der Waals surface area contributed by atoms with E-state index in [2.05, 4.69) is 22.2 Å². The Kier molecular flexibility index (Phi) is 3.66. The predicted molar refractivity (Wildman–Crippen MR) is 52.8 cm³/mol. The molecule has 1 atom stereocenters. The normalized spacial score (nSPS) is 20.8. The molecule has 1 aliphatic rings. The second-order valence-corrected chi connectivity index (χ2v) is 3.79. The maximum absolute atomic E-state index is 11.1. The predicted octanol–water partition coefficient (Wildman–Crippen LogP) is 0.219. The molecule has 0 amide bonds. The lowest BCUT2D eigenvalue weighted by Crippen LogP contribution is -2.47. The van der Waals surface area contributed by atoms with Crippen LogP contribution in [0.3, 0.4) is 0 Å². The van der Waals surface area contributed by atoms with E-state index >= 15 is 0 Å². The van der Waals surface area contributed by atoms with Gasteiger partial charge in [0.25, 0.3) is 0 Å². The molecule has 0 bridgehead atoms. The summed E-state index contributed by atoms with van der Waals surface area (Å²) in [4.78, 5) is 11.1. The van der Waals surface area contributed by atoms with E-state index in [0.29, 0.717) is 6.04 Å². The monoisotopic (exact) mass is 199 g/mol. The first-order chi connectivity index (χ1) is 6.56. The first-order valence-electron chi connectivity index (χ1n) is 4.75. The summed E-state index contributed by atoms with van der Waals surface area (Å²) in [6.45, 7) is 1.68. The minimum atomic E-state index is -1.43. The van der Waals surface area contributed by atoms with Gasteiger partial charge in [0.2, 0.25) is 0 Å². The van der Waals surface area contributed by atoms with Crippen molar-refractivity contribution in [3.05, 3.63) is 12.2 Å². The lowest BCUT2D eigenvalue weighted by atomic mass is 10.1. The van der Waals surface area contributed by atoms with Crippen molar-refractivity contribution in [1.29, 1.82) is 0 Å². The van der Waals surface area contributed by atoms with Crippen LogP contribution in [0.25, 0.3) is 0 Å². The van der Waals surface area contributed by atoms with Gasteiger partial charge in [-0.15, -0.1) is 0 Å². The van der Waals surface area contributed by atoms with E-state index in [-0.39, 0.29) is 6.54 Å². The fourth-order valence-corrected chi connectivity index (χ4v) is 1.42. The van der Waals surface area contributed by atoms with Gasteiger partial charge < -0.3 is 15.2 Å². The number of hydrogen-bond donors (Lipinski definition) is 2. The molecule has 0 saturated heterocycles. The number of ether oxygens (including phenoxy) is 1. The van der Waals surface area contributed by atoms with Crippen molar-refractivity contribution < 1.29 is 14.6 Å². The van der Waals surface area contributed by atoms with Gasteiger partial charge in [-0.1, -0.05) is 12.2 Å². The standard InChI is InChI=1S/C10H17NO3/c1-10(13,9(12)14-2)7-11-8-5-3-4-6-8/h3-4,8,11,13H,5-7H2,1-2H3. The number of nitrogens with one attached hydrogen (secondary N) is 1. The highest BCUT2D eigenvalue weighted by molar-refractivity contribution is 5.78.